The molecule has 8 heteroatoms. The molecule has 0 aromatic heterocycles. The summed E-state index contributed by atoms with van der Waals surface area (Å²) in [5.41, 5.74) is 1.61. The van der Waals surface area contributed by atoms with Gasteiger partial charge in [0.2, 0.25) is 5.91 Å². The lowest BCUT2D eigenvalue weighted by Crippen LogP contribution is -2.55. The Kier molecular flexibility index (Phi) is 8.65. The van der Waals surface area contributed by atoms with Crippen molar-refractivity contribution in [2.75, 3.05) is 20.2 Å². The van der Waals surface area contributed by atoms with Crippen molar-refractivity contribution in [2.45, 2.75) is 46.1 Å². The molecule has 1 aliphatic heterocycles. The summed E-state index contributed by atoms with van der Waals surface area (Å²) >= 11 is 9.40. The largest absolute Gasteiger partial charge is 0.465 e. The zero-order chi connectivity index (χ0) is 25.9. The molecule has 1 N–H and O–H groups in total. The van der Waals surface area contributed by atoms with Gasteiger partial charge in [-0.1, -0.05) is 67.4 Å². The Morgan fingerprint density at radius 3 is 2.31 bits per heavy atom. The number of rotatable bonds is 6. The van der Waals surface area contributed by atoms with E-state index in [0.717, 1.165) is 6.42 Å². The summed E-state index contributed by atoms with van der Waals surface area (Å²) in [4.78, 5) is 40.5. The minimum Gasteiger partial charge on any atom is -0.465 e. The number of hydrogen-bond donors (Lipinski definition) is 1. The number of halogens is 2. The number of methoxy groups -OCH3 is 1. The number of piperidine rings is 1. The number of carbonyl (C=O) groups excluding carboxylic acids is 3. The molecule has 0 bridgehead atoms. The van der Waals surface area contributed by atoms with Gasteiger partial charge in [-0.3, -0.25) is 9.59 Å². The number of amides is 2. The summed E-state index contributed by atoms with van der Waals surface area (Å²) in [5.74, 6) is -0.870. The minimum absolute atomic E-state index is 0.0980. The number of ether oxygens (including phenoxy) is 1. The van der Waals surface area contributed by atoms with E-state index in [1.165, 1.54) is 18.7 Å². The third kappa shape index (κ3) is 6.44. The van der Waals surface area contributed by atoms with Gasteiger partial charge in [0.25, 0.3) is 5.91 Å². The molecule has 0 saturated carbocycles. The molecule has 2 aromatic rings. The third-order valence-corrected chi connectivity index (χ3v) is 7.32. The van der Waals surface area contributed by atoms with Crippen LogP contribution >= 0.6 is 27.5 Å². The van der Waals surface area contributed by atoms with Crippen LogP contribution in [-0.4, -0.2) is 48.9 Å². The highest BCUT2D eigenvalue weighted by Gasteiger charge is 2.40. The molecule has 3 rings (SSSR count). The molecule has 0 spiro atoms. The smallest absolute Gasteiger partial charge is 0.337 e. The second-order valence-corrected chi connectivity index (χ2v) is 11.4. The van der Waals surface area contributed by atoms with Crippen LogP contribution in [0, 0.1) is 11.3 Å². The van der Waals surface area contributed by atoms with Crippen LogP contribution in [-0.2, 0) is 9.53 Å². The van der Waals surface area contributed by atoms with E-state index >= 15 is 0 Å². The van der Waals surface area contributed by atoms with Crippen molar-refractivity contribution in [3.8, 4) is 0 Å². The maximum atomic E-state index is 13.6. The highest BCUT2D eigenvalue weighted by Crippen LogP contribution is 2.42. The Morgan fingerprint density at radius 2 is 1.74 bits per heavy atom. The average Bonchev–Trinajstić information content (AvgIpc) is 2.80. The molecule has 1 fully saturated rings. The zero-order valence-corrected chi connectivity index (χ0v) is 23.1. The van der Waals surface area contributed by atoms with Crippen molar-refractivity contribution < 1.29 is 19.1 Å². The highest BCUT2D eigenvalue weighted by molar-refractivity contribution is 9.10. The maximum absolute atomic E-state index is 13.6. The van der Waals surface area contributed by atoms with Crippen molar-refractivity contribution in [1.82, 2.24) is 10.2 Å². The molecular formula is C27H32BrClN2O4. The van der Waals surface area contributed by atoms with Gasteiger partial charge in [0, 0.05) is 28.1 Å². The van der Waals surface area contributed by atoms with Crippen molar-refractivity contribution in [3.05, 3.63) is 68.7 Å². The third-order valence-electron chi connectivity index (χ3n) is 6.61. The molecule has 2 amide bonds. The van der Waals surface area contributed by atoms with Gasteiger partial charge >= 0.3 is 5.97 Å². The fourth-order valence-electron chi connectivity index (χ4n) is 4.75. The van der Waals surface area contributed by atoms with Gasteiger partial charge in [-0.15, -0.1) is 0 Å². The topological polar surface area (TPSA) is 75.7 Å². The molecule has 1 saturated heterocycles. The van der Waals surface area contributed by atoms with Crippen molar-refractivity contribution >= 4 is 45.3 Å². The van der Waals surface area contributed by atoms with Gasteiger partial charge in [0.15, 0.2) is 0 Å². The van der Waals surface area contributed by atoms with Crippen molar-refractivity contribution in [2.24, 2.45) is 11.3 Å². The Balaban J connectivity index is 1.76. The van der Waals surface area contributed by atoms with Crippen LogP contribution in [0.3, 0.4) is 0 Å². The molecule has 0 radical (unpaired) electrons. The second-order valence-electron chi connectivity index (χ2n) is 10.1. The van der Waals surface area contributed by atoms with Crippen LogP contribution in [0.5, 0.6) is 0 Å². The first-order valence-corrected chi connectivity index (χ1v) is 12.8. The van der Waals surface area contributed by atoms with E-state index < -0.39 is 17.9 Å². The van der Waals surface area contributed by atoms with Crippen molar-refractivity contribution in [3.63, 3.8) is 0 Å². The highest BCUT2D eigenvalue weighted by atomic mass is 79.9. The zero-order valence-electron chi connectivity index (χ0n) is 20.7. The van der Waals surface area contributed by atoms with E-state index in [2.05, 4.69) is 47.2 Å². The van der Waals surface area contributed by atoms with E-state index in [4.69, 9.17) is 16.3 Å². The lowest BCUT2D eigenvalue weighted by molar-refractivity contribution is -0.137. The summed E-state index contributed by atoms with van der Waals surface area (Å²) in [7, 11) is 1.29. The molecule has 188 valence electrons. The van der Waals surface area contributed by atoms with E-state index in [1.54, 1.807) is 12.1 Å². The molecule has 35 heavy (non-hydrogen) atoms. The van der Waals surface area contributed by atoms with Crippen molar-refractivity contribution in [1.29, 1.82) is 0 Å². The Bertz CT molecular complexity index is 1100. The Morgan fingerprint density at radius 1 is 1.11 bits per heavy atom. The molecule has 6 nitrogen and oxygen atoms in total. The first kappa shape index (κ1) is 27.2. The fourth-order valence-corrected chi connectivity index (χ4v) is 5.37. The van der Waals surface area contributed by atoms with Gasteiger partial charge in [0.05, 0.1) is 12.7 Å². The Labute approximate surface area is 220 Å². The summed E-state index contributed by atoms with van der Waals surface area (Å²) in [5, 5.41) is 3.61. The SMILES string of the molecule is COC(=O)c1cc(Br)cc(C(=O)N[C@@H](C(=O)N2CCC(c3ccc(Cl)cc3)C(C)(C)C2)C(C)C)c1. The Hall–Kier alpha value is -2.38. The molecule has 1 heterocycles. The first-order valence-electron chi connectivity index (χ1n) is 11.7. The van der Waals surface area contributed by atoms with Crippen LogP contribution in [0.15, 0.2) is 46.9 Å². The molecule has 2 atom stereocenters. The standard InChI is InChI=1S/C27H32BrClN2O4/c1-16(2)23(30-24(32)18-12-19(26(34)35-5)14-20(28)13-18)25(33)31-11-10-22(27(3,4)15-31)17-6-8-21(29)9-7-17/h6-9,12-14,16,22-23H,10-11,15H2,1-5H3,(H,30,32)/t22?,23-/m1/s1. The maximum Gasteiger partial charge on any atom is 0.337 e. The van der Waals surface area contributed by atoms with Gasteiger partial charge in [-0.05, 0) is 59.6 Å². The number of nitrogens with zero attached hydrogens (tertiary/aromatic N) is 1. The lowest BCUT2D eigenvalue weighted by Gasteiger charge is -2.45. The quantitative estimate of drug-likeness (QED) is 0.459. The van der Waals surface area contributed by atoms with E-state index in [1.807, 2.05) is 30.9 Å². The monoisotopic (exact) mass is 562 g/mol. The average molecular weight is 564 g/mol. The fraction of sp³-hybridized carbons (Fsp3) is 0.444. The summed E-state index contributed by atoms with van der Waals surface area (Å²) in [6.07, 6.45) is 0.827. The predicted molar refractivity (Wildman–Crippen MR) is 141 cm³/mol. The first-order chi connectivity index (χ1) is 16.4. The molecule has 0 aliphatic carbocycles. The number of likely N-dealkylation sites (tertiary alicyclic amines) is 1. The lowest BCUT2D eigenvalue weighted by atomic mass is 9.70. The van der Waals surface area contributed by atoms with Crippen LogP contribution in [0.2, 0.25) is 5.02 Å². The molecular weight excluding hydrogens is 532 g/mol. The van der Waals surface area contributed by atoms with Crippen LogP contribution < -0.4 is 5.32 Å². The van der Waals surface area contributed by atoms with Gasteiger partial charge in [-0.2, -0.15) is 0 Å². The summed E-state index contributed by atoms with van der Waals surface area (Å²) in [6.45, 7) is 9.36. The molecule has 1 aliphatic rings. The van der Waals surface area contributed by atoms with Crippen LogP contribution in [0.25, 0.3) is 0 Å². The van der Waals surface area contributed by atoms with E-state index in [-0.39, 0.29) is 28.4 Å². The van der Waals surface area contributed by atoms with Gasteiger partial charge < -0.3 is 15.0 Å². The number of benzene rings is 2. The number of carbonyl (C=O) groups is 3. The van der Waals surface area contributed by atoms with E-state index in [0.29, 0.717) is 28.5 Å². The van der Waals surface area contributed by atoms with E-state index in [9.17, 15) is 14.4 Å². The van der Waals surface area contributed by atoms with Gasteiger partial charge in [-0.25, -0.2) is 4.79 Å². The van der Waals surface area contributed by atoms with Crippen LogP contribution in [0.1, 0.15) is 66.3 Å². The predicted octanol–water partition coefficient (Wildman–Crippen LogP) is 5.69. The molecule has 2 aromatic carbocycles. The second kappa shape index (κ2) is 11.1. The number of nitrogens with one attached hydrogen (secondary N) is 1. The normalized spacial score (nSPS) is 18.2. The van der Waals surface area contributed by atoms with Crippen LogP contribution in [0.4, 0.5) is 0 Å². The van der Waals surface area contributed by atoms with Gasteiger partial charge in [0.1, 0.15) is 6.04 Å². The summed E-state index contributed by atoms with van der Waals surface area (Å²) < 4.78 is 5.34. The number of hydrogen-bond acceptors (Lipinski definition) is 4. The number of esters is 1. The summed E-state index contributed by atoms with van der Waals surface area (Å²) in [6, 6.07) is 11.9. The molecule has 1 unspecified atom stereocenters. The minimum atomic E-state index is -0.689.